The summed E-state index contributed by atoms with van der Waals surface area (Å²) in [5.41, 5.74) is 1.67. The van der Waals surface area contributed by atoms with Gasteiger partial charge in [0.15, 0.2) is 0 Å². The number of nitrogens with zero attached hydrogens (tertiary/aromatic N) is 1. The molecule has 1 amide bonds. The molecule has 1 saturated heterocycles. The molecule has 1 N–H and O–H groups in total. The van der Waals surface area contributed by atoms with Crippen molar-refractivity contribution in [1.82, 2.24) is 4.31 Å². The zero-order valence-electron chi connectivity index (χ0n) is 15.0. The third kappa shape index (κ3) is 3.67. The van der Waals surface area contributed by atoms with Crippen LogP contribution in [0.25, 0.3) is 0 Å². The van der Waals surface area contributed by atoms with E-state index in [0.29, 0.717) is 49.1 Å². The number of ether oxygens (including phenoxy) is 1. The van der Waals surface area contributed by atoms with Crippen LogP contribution in [0.2, 0.25) is 0 Å². The summed E-state index contributed by atoms with van der Waals surface area (Å²) in [6.45, 7) is 6.71. The van der Waals surface area contributed by atoms with Crippen molar-refractivity contribution in [2.75, 3.05) is 31.6 Å². The molecule has 8 heteroatoms. The van der Waals surface area contributed by atoms with Crippen molar-refractivity contribution in [3.05, 3.63) is 46.9 Å². The Morgan fingerprint density at radius 1 is 1.12 bits per heavy atom. The first kappa shape index (κ1) is 18.6. The molecular formula is C18H22N2O5S. The van der Waals surface area contributed by atoms with Crippen LogP contribution in [-0.4, -0.2) is 44.9 Å². The molecule has 0 saturated carbocycles. The Hall–Kier alpha value is -2.16. The third-order valence-electron chi connectivity index (χ3n) is 4.35. The average Bonchev–Trinajstić information content (AvgIpc) is 2.96. The highest BCUT2D eigenvalue weighted by Crippen LogP contribution is 2.25. The third-order valence-corrected chi connectivity index (χ3v) is 6.25. The lowest BCUT2D eigenvalue weighted by Gasteiger charge is -2.26. The fourth-order valence-electron chi connectivity index (χ4n) is 2.88. The van der Waals surface area contributed by atoms with Gasteiger partial charge >= 0.3 is 0 Å². The molecule has 140 valence electrons. The molecule has 0 aliphatic carbocycles. The van der Waals surface area contributed by atoms with E-state index in [0.717, 1.165) is 5.56 Å². The molecule has 26 heavy (non-hydrogen) atoms. The topological polar surface area (TPSA) is 88.9 Å². The van der Waals surface area contributed by atoms with E-state index in [9.17, 15) is 13.2 Å². The van der Waals surface area contributed by atoms with Crippen LogP contribution in [0.15, 0.2) is 33.6 Å². The molecule has 1 fully saturated rings. The normalized spacial score (nSPS) is 15.8. The Balaban J connectivity index is 1.88. The van der Waals surface area contributed by atoms with Crippen molar-refractivity contribution in [2.24, 2.45) is 0 Å². The van der Waals surface area contributed by atoms with Gasteiger partial charge in [0.1, 0.15) is 11.5 Å². The minimum Gasteiger partial charge on any atom is -0.466 e. The summed E-state index contributed by atoms with van der Waals surface area (Å²) in [6, 6.07) is 6.41. The molecule has 3 rings (SSSR count). The molecule has 0 atom stereocenters. The lowest BCUT2D eigenvalue weighted by atomic mass is 10.2. The fourth-order valence-corrected chi connectivity index (χ4v) is 4.31. The van der Waals surface area contributed by atoms with E-state index in [2.05, 4.69) is 5.32 Å². The van der Waals surface area contributed by atoms with Gasteiger partial charge in [0.25, 0.3) is 5.91 Å². The first-order valence-corrected chi connectivity index (χ1v) is 9.80. The van der Waals surface area contributed by atoms with E-state index in [1.54, 1.807) is 32.0 Å². The van der Waals surface area contributed by atoms with Crippen LogP contribution in [0.4, 0.5) is 5.69 Å². The van der Waals surface area contributed by atoms with Gasteiger partial charge in [-0.1, -0.05) is 6.07 Å². The van der Waals surface area contributed by atoms with Gasteiger partial charge in [0, 0.05) is 18.8 Å². The maximum atomic E-state index is 12.8. The minimum absolute atomic E-state index is 0.153. The molecule has 0 spiro atoms. The highest BCUT2D eigenvalue weighted by molar-refractivity contribution is 7.89. The second kappa shape index (κ2) is 7.22. The number of nitrogens with one attached hydrogen (secondary N) is 1. The van der Waals surface area contributed by atoms with Crippen molar-refractivity contribution in [1.29, 1.82) is 0 Å². The van der Waals surface area contributed by atoms with Gasteiger partial charge in [-0.15, -0.1) is 0 Å². The van der Waals surface area contributed by atoms with Crippen LogP contribution >= 0.6 is 0 Å². The van der Waals surface area contributed by atoms with Crippen LogP contribution in [0.5, 0.6) is 0 Å². The summed E-state index contributed by atoms with van der Waals surface area (Å²) in [7, 11) is -3.62. The van der Waals surface area contributed by atoms with E-state index >= 15 is 0 Å². The number of carbonyl (C=O) groups is 1. The molecule has 2 aromatic rings. The molecule has 2 heterocycles. The molecule has 1 aromatic heterocycles. The monoisotopic (exact) mass is 378 g/mol. The Labute approximate surface area is 153 Å². The van der Waals surface area contributed by atoms with Crippen LogP contribution in [0.1, 0.15) is 27.4 Å². The second-order valence-corrected chi connectivity index (χ2v) is 8.21. The number of aryl methyl sites for hydroxylation is 3. The lowest BCUT2D eigenvalue weighted by Crippen LogP contribution is -2.40. The molecule has 0 radical (unpaired) electrons. The predicted octanol–water partition coefficient (Wildman–Crippen LogP) is 2.48. The molecule has 0 unspecified atom stereocenters. The molecule has 7 nitrogen and oxygen atoms in total. The molecule has 1 aliphatic rings. The largest absolute Gasteiger partial charge is 0.466 e. The van der Waals surface area contributed by atoms with Crippen molar-refractivity contribution >= 4 is 21.6 Å². The second-order valence-electron chi connectivity index (χ2n) is 6.27. The van der Waals surface area contributed by atoms with Crippen LogP contribution in [0.3, 0.4) is 0 Å². The quantitative estimate of drug-likeness (QED) is 0.883. The highest BCUT2D eigenvalue weighted by atomic mass is 32.2. The van der Waals surface area contributed by atoms with E-state index in [1.165, 1.54) is 10.4 Å². The molecule has 0 bridgehead atoms. The van der Waals surface area contributed by atoms with Crippen molar-refractivity contribution in [3.8, 4) is 0 Å². The van der Waals surface area contributed by atoms with Crippen LogP contribution < -0.4 is 5.32 Å². The number of morpholine rings is 1. The van der Waals surface area contributed by atoms with Gasteiger partial charge in [-0.3, -0.25) is 4.79 Å². The number of benzene rings is 1. The van der Waals surface area contributed by atoms with E-state index < -0.39 is 10.0 Å². The molecule has 1 aliphatic heterocycles. The number of hydrogen-bond acceptors (Lipinski definition) is 5. The van der Waals surface area contributed by atoms with E-state index in [-0.39, 0.29) is 10.8 Å². The zero-order chi connectivity index (χ0) is 18.9. The molecule has 1 aromatic carbocycles. The number of sulfonamides is 1. The smallest absolute Gasteiger partial charge is 0.259 e. The zero-order valence-corrected chi connectivity index (χ0v) is 15.9. The molecular weight excluding hydrogens is 356 g/mol. The average molecular weight is 378 g/mol. The maximum Gasteiger partial charge on any atom is 0.259 e. The Morgan fingerprint density at radius 2 is 1.81 bits per heavy atom. The standard InChI is InChI=1S/C18H22N2O5S/c1-12-4-5-15(26(22,23)20-6-8-24-9-7-20)11-17(12)19-18(21)16-10-13(2)25-14(16)3/h4-5,10-11H,6-9H2,1-3H3,(H,19,21). The Morgan fingerprint density at radius 3 is 2.42 bits per heavy atom. The summed E-state index contributed by atoms with van der Waals surface area (Å²) < 4.78 is 37.6. The van der Waals surface area contributed by atoms with Gasteiger partial charge in [-0.2, -0.15) is 4.31 Å². The number of amides is 1. The first-order chi connectivity index (χ1) is 12.3. The van der Waals surface area contributed by atoms with E-state index in [4.69, 9.17) is 9.15 Å². The van der Waals surface area contributed by atoms with Crippen molar-refractivity contribution < 1.29 is 22.4 Å². The summed E-state index contributed by atoms with van der Waals surface area (Å²) in [4.78, 5) is 12.7. The SMILES string of the molecule is Cc1cc(C(=O)Nc2cc(S(=O)(=O)N3CCOCC3)ccc2C)c(C)o1. The van der Waals surface area contributed by atoms with Gasteiger partial charge in [0.05, 0.1) is 23.7 Å². The minimum atomic E-state index is -3.62. The summed E-state index contributed by atoms with van der Waals surface area (Å²) >= 11 is 0. The first-order valence-electron chi connectivity index (χ1n) is 8.36. The van der Waals surface area contributed by atoms with Gasteiger partial charge in [-0.25, -0.2) is 8.42 Å². The van der Waals surface area contributed by atoms with Gasteiger partial charge in [0.2, 0.25) is 10.0 Å². The summed E-state index contributed by atoms with van der Waals surface area (Å²) in [5, 5.41) is 2.79. The maximum absolute atomic E-state index is 12.8. The number of anilines is 1. The number of hydrogen-bond donors (Lipinski definition) is 1. The number of furan rings is 1. The van der Waals surface area contributed by atoms with Crippen molar-refractivity contribution in [2.45, 2.75) is 25.7 Å². The number of rotatable bonds is 4. The van der Waals surface area contributed by atoms with Crippen molar-refractivity contribution in [3.63, 3.8) is 0 Å². The van der Waals surface area contributed by atoms with Gasteiger partial charge < -0.3 is 14.5 Å². The Kier molecular flexibility index (Phi) is 5.17. The van der Waals surface area contributed by atoms with E-state index in [1.807, 2.05) is 6.92 Å². The van der Waals surface area contributed by atoms with Crippen LogP contribution in [-0.2, 0) is 14.8 Å². The number of carbonyl (C=O) groups excluding carboxylic acids is 1. The predicted molar refractivity (Wildman–Crippen MR) is 96.9 cm³/mol. The lowest BCUT2D eigenvalue weighted by molar-refractivity contribution is 0.0730. The summed E-state index contributed by atoms with van der Waals surface area (Å²) in [5.74, 6) is 0.839. The fraction of sp³-hybridized carbons (Fsp3) is 0.389. The highest BCUT2D eigenvalue weighted by Gasteiger charge is 2.27. The van der Waals surface area contributed by atoms with Crippen LogP contribution in [0, 0.1) is 20.8 Å². The summed E-state index contributed by atoms with van der Waals surface area (Å²) in [6.07, 6.45) is 0. The van der Waals surface area contributed by atoms with Gasteiger partial charge in [-0.05, 0) is 44.5 Å². The Bertz CT molecular complexity index is 927.